The minimum absolute atomic E-state index is 0.0221. The van der Waals surface area contributed by atoms with Crippen LogP contribution in [-0.4, -0.2) is 20.4 Å². The molecule has 1 aliphatic carbocycles. The van der Waals surface area contributed by atoms with Crippen molar-refractivity contribution in [3.05, 3.63) is 77.9 Å². The molecule has 0 bridgehead atoms. The normalized spacial score (nSPS) is 15.3. The molecule has 3 aromatic rings. The zero-order valence-corrected chi connectivity index (χ0v) is 16.4. The smallest absolute Gasteiger partial charge is 0.251 e. The summed E-state index contributed by atoms with van der Waals surface area (Å²) in [5.74, 6) is -0.302. The Hall–Kier alpha value is -2.70. The molecule has 1 atom stereocenters. The molecule has 2 N–H and O–H groups in total. The maximum atomic E-state index is 12.8. The number of hydrogen-bond acceptors (Lipinski definition) is 3. The molecule has 0 aliphatic heterocycles. The van der Waals surface area contributed by atoms with E-state index in [1.54, 1.807) is 12.1 Å². The quantitative estimate of drug-likeness (QED) is 0.668. The number of amides is 1. The molecule has 0 heterocycles. The summed E-state index contributed by atoms with van der Waals surface area (Å²) in [6.07, 6.45) is 1.73. The lowest BCUT2D eigenvalue weighted by Gasteiger charge is -2.17. The van der Waals surface area contributed by atoms with Gasteiger partial charge in [-0.05, 0) is 54.3 Å². The van der Waals surface area contributed by atoms with Crippen molar-refractivity contribution >= 4 is 26.7 Å². The Bertz CT molecular complexity index is 1130. The second-order valence-electron chi connectivity index (χ2n) is 7.19. The van der Waals surface area contributed by atoms with Gasteiger partial charge in [-0.1, -0.05) is 48.5 Å². The first kappa shape index (κ1) is 18.7. The highest BCUT2D eigenvalue weighted by atomic mass is 32.2. The third-order valence-electron chi connectivity index (χ3n) is 4.94. The molecule has 1 saturated carbocycles. The Morgan fingerprint density at radius 1 is 1.00 bits per heavy atom. The van der Waals surface area contributed by atoms with Crippen LogP contribution in [0.4, 0.5) is 0 Å². The van der Waals surface area contributed by atoms with E-state index in [9.17, 15) is 13.2 Å². The average Bonchev–Trinajstić information content (AvgIpc) is 3.51. The van der Waals surface area contributed by atoms with Crippen LogP contribution < -0.4 is 10.0 Å². The zero-order chi connectivity index (χ0) is 19.7. The van der Waals surface area contributed by atoms with Gasteiger partial charge in [0.1, 0.15) is 0 Å². The summed E-state index contributed by atoms with van der Waals surface area (Å²) >= 11 is 0. The van der Waals surface area contributed by atoms with Crippen molar-refractivity contribution in [2.75, 3.05) is 0 Å². The predicted octanol–water partition coefficient (Wildman–Crippen LogP) is 3.77. The number of rotatable bonds is 6. The van der Waals surface area contributed by atoms with Gasteiger partial charge in [-0.15, -0.1) is 0 Å². The lowest BCUT2D eigenvalue weighted by molar-refractivity contribution is 0.0940. The maximum Gasteiger partial charge on any atom is 0.251 e. The number of sulfonamides is 1. The molecule has 5 nitrogen and oxygen atoms in total. The van der Waals surface area contributed by atoms with Gasteiger partial charge in [-0.2, -0.15) is 0 Å². The number of benzene rings is 3. The van der Waals surface area contributed by atoms with E-state index in [2.05, 4.69) is 10.0 Å². The van der Waals surface area contributed by atoms with Crippen LogP contribution in [0.15, 0.2) is 71.6 Å². The standard InChI is InChI=1S/C22H22N2O3S/c1-15(20-11-5-7-16-6-2-3-10-21(16)20)23-22(25)17-8-4-9-19(14-17)28(26,27)24-18-12-13-18/h2-11,14-15,18,24H,12-13H2,1H3,(H,23,25). The first-order valence-electron chi connectivity index (χ1n) is 9.35. The van der Waals surface area contributed by atoms with Crippen molar-refractivity contribution in [1.29, 1.82) is 0 Å². The molecule has 0 saturated heterocycles. The molecule has 1 amide bonds. The fraction of sp³-hybridized carbons (Fsp3) is 0.227. The molecule has 6 heteroatoms. The highest BCUT2D eigenvalue weighted by Crippen LogP contribution is 2.25. The second kappa shape index (κ2) is 7.37. The largest absolute Gasteiger partial charge is 0.345 e. The van der Waals surface area contributed by atoms with E-state index in [1.165, 1.54) is 12.1 Å². The van der Waals surface area contributed by atoms with Crippen LogP contribution in [0.5, 0.6) is 0 Å². The van der Waals surface area contributed by atoms with E-state index in [1.807, 2.05) is 49.4 Å². The number of carbonyl (C=O) groups excluding carboxylic acids is 1. The fourth-order valence-corrected chi connectivity index (χ4v) is 4.63. The molecule has 4 rings (SSSR count). The zero-order valence-electron chi connectivity index (χ0n) is 15.6. The summed E-state index contributed by atoms with van der Waals surface area (Å²) < 4.78 is 27.4. The first-order valence-corrected chi connectivity index (χ1v) is 10.8. The van der Waals surface area contributed by atoms with E-state index in [4.69, 9.17) is 0 Å². The fourth-order valence-electron chi connectivity index (χ4n) is 3.28. The van der Waals surface area contributed by atoms with Crippen LogP contribution in [0.2, 0.25) is 0 Å². The van der Waals surface area contributed by atoms with Gasteiger partial charge in [0.2, 0.25) is 10.0 Å². The summed E-state index contributed by atoms with van der Waals surface area (Å²) in [4.78, 5) is 12.9. The summed E-state index contributed by atoms with van der Waals surface area (Å²) in [5, 5.41) is 5.18. The van der Waals surface area contributed by atoms with Gasteiger partial charge in [0, 0.05) is 11.6 Å². The topological polar surface area (TPSA) is 75.3 Å². The Morgan fingerprint density at radius 3 is 2.50 bits per heavy atom. The van der Waals surface area contributed by atoms with E-state index in [0.29, 0.717) is 5.56 Å². The minimum Gasteiger partial charge on any atom is -0.345 e. The molecule has 3 aromatic carbocycles. The van der Waals surface area contributed by atoms with E-state index < -0.39 is 10.0 Å². The Morgan fingerprint density at radius 2 is 1.71 bits per heavy atom. The van der Waals surface area contributed by atoms with Gasteiger partial charge < -0.3 is 5.32 Å². The lowest BCUT2D eigenvalue weighted by Crippen LogP contribution is -2.28. The molecular weight excluding hydrogens is 372 g/mol. The lowest BCUT2D eigenvalue weighted by atomic mass is 9.99. The van der Waals surface area contributed by atoms with Gasteiger partial charge in [-0.25, -0.2) is 13.1 Å². The van der Waals surface area contributed by atoms with Gasteiger partial charge >= 0.3 is 0 Å². The van der Waals surface area contributed by atoms with Crippen LogP contribution in [-0.2, 0) is 10.0 Å². The Balaban J connectivity index is 1.55. The highest BCUT2D eigenvalue weighted by molar-refractivity contribution is 7.89. The molecule has 0 radical (unpaired) electrons. The van der Waals surface area contributed by atoms with E-state index in [0.717, 1.165) is 29.2 Å². The SMILES string of the molecule is CC(NC(=O)c1cccc(S(=O)(=O)NC2CC2)c1)c1cccc2ccccc12. The minimum atomic E-state index is -3.59. The molecule has 0 aromatic heterocycles. The third-order valence-corrected chi connectivity index (χ3v) is 6.46. The van der Waals surface area contributed by atoms with Gasteiger partial charge in [0.25, 0.3) is 5.91 Å². The molecule has 1 aliphatic rings. The van der Waals surface area contributed by atoms with Crippen LogP contribution in [0.3, 0.4) is 0 Å². The number of nitrogens with one attached hydrogen (secondary N) is 2. The van der Waals surface area contributed by atoms with Crippen LogP contribution >= 0.6 is 0 Å². The highest BCUT2D eigenvalue weighted by Gasteiger charge is 2.28. The van der Waals surface area contributed by atoms with Gasteiger partial charge in [0.15, 0.2) is 0 Å². The number of hydrogen-bond donors (Lipinski definition) is 2. The average molecular weight is 394 g/mol. The maximum absolute atomic E-state index is 12.8. The molecule has 144 valence electrons. The van der Waals surface area contributed by atoms with Crippen molar-refractivity contribution < 1.29 is 13.2 Å². The van der Waals surface area contributed by atoms with Crippen molar-refractivity contribution in [2.24, 2.45) is 0 Å². The summed E-state index contributed by atoms with van der Waals surface area (Å²) in [6.45, 7) is 1.93. The molecule has 1 fully saturated rings. The third kappa shape index (κ3) is 3.93. The Kier molecular flexibility index (Phi) is 4.91. The number of fused-ring (bicyclic) bond motifs is 1. The predicted molar refractivity (Wildman–Crippen MR) is 110 cm³/mol. The summed E-state index contributed by atoms with van der Waals surface area (Å²) in [5.41, 5.74) is 1.34. The van der Waals surface area contributed by atoms with E-state index >= 15 is 0 Å². The van der Waals surface area contributed by atoms with Crippen LogP contribution in [0.1, 0.15) is 41.7 Å². The summed E-state index contributed by atoms with van der Waals surface area (Å²) in [6, 6.07) is 20.0. The Labute approximate surface area is 164 Å². The van der Waals surface area contributed by atoms with Crippen LogP contribution in [0, 0.1) is 0 Å². The van der Waals surface area contributed by atoms with Gasteiger partial charge in [0.05, 0.1) is 10.9 Å². The van der Waals surface area contributed by atoms with E-state index in [-0.39, 0.29) is 22.9 Å². The van der Waals surface area contributed by atoms with Crippen molar-refractivity contribution in [2.45, 2.75) is 36.7 Å². The van der Waals surface area contributed by atoms with Crippen LogP contribution in [0.25, 0.3) is 10.8 Å². The monoisotopic (exact) mass is 394 g/mol. The molecule has 1 unspecified atom stereocenters. The number of carbonyl (C=O) groups is 1. The second-order valence-corrected chi connectivity index (χ2v) is 8.90. The molecule has 0 spiro atoms. The summed E-state index contributed by atoms with van der Waals surface area (Å²) in [7, 11) is -3.59. The van der Waals surface area contributed by atoms with Crippen molar-refractivity contribution in [3.8, 4) is 0 Å². The van der Waals surface area contributed by atoms with Crippen molar-refractivity contribution in [1.82, 2.24) is 10.0 Å². The van der Waals surface area contributed by atoms with Gasteiger partial charge in [-0.3, -0.25) is 4.79 Å². The molecule has 28 heavy (non-hydrogen) atoms. The van der Waals surface area contributed by atoms with Crippen molar-refractivity contribution in [3.63, 3.8) is 0 Å². The first-order chi connectivity index (χ1) is 13.4. The molecular formula is C22H22N2O3S.